The second kappa shape index (κ2) is 7.60. The lowest BCUT2D eigenvalue weighted by atomic mass is 10.0. The van der Waals surface area contributed by atoms with Crippen LogP contribution in [0, 0.1) is 18.3 Å². The van der Waals surface area contributed by atoms with E-state index in [1.54, 1.807) is 23.0 Å². The second-order valence-electron chi connectivity index (χ2n) is 7.42. The quantitative estimate of drug-likeness (QED) is 0.800. The zero-order chi connectivity index (χ0) is 19.7. The molecule has 2 aromatic rings. The van der Waals surface area contributed by atoms with E-state index < -0.39 is 0 Å². The summed E-state index contributed by atoms with van der Waals surface area (Å²) in [6.07, 6.45) is 3.60. The molecule has 2 saturated heterocycles. The van der Waals surface area contributed by atoms with E-state index in [9.17, 15) is 10.1 Å². The minimum absolute atomic E-state index is 0.0923. The molecule has 4 rings (SSSR count). The van der Waals surface area contributed by atoms with Crippen LogP contribution in [-0.4, -0.2) is 64.3 Å². The molecule has 2 aliphatic rings. The predicted molar refractivity (Wildman–Crippen MR) is 106 cm³/mol. The number of piperidine rings is 1. The highest BCUT2D eigenvalue weighted by Gasteiger charge is 2.36. The summed E-state index contributed by atoms with van der Waals surface area (Å²) in [6.45, 7) is 5.79. The van der Waals surface area contributed by atoms with Gasteiger partial charge in [-0.2, -0.15) is 10.4 Å². The van der Waals surface area contributed by atoms with Gasteiger partial charge in [0, 0.05) is 52.0 Å². The van der Waals surface area contributed by atoms with Crippen molar-refractivity contribution in [3.05, 3.63) is 35.7 Å². The molecule has 8 heteroatoms. The van der Waals surface area contributed by atoms with Gasteiger partial charge in [0.15, 0.2) is 0 Å². The van der Waals surface area contributed by atoms with Gasteiger partial charge in [0.1, 0.15) is 17.7 Å². The van der Waals surface area contributed by atoms with Crippen molar-refractivity contribution in [2.45, 2.75) is 25.8 Å². The van der Waals surface area contributed by atoms with Crippen LogP contribution in [0.5, 0.6) is 0 Å². The number of rotatable bonds is 3. The van der Waals surface area contributed by atoms with Gasteiger partial charge in [-0.1, -0.05) is 0 Å². The fourth-order valence-electron chi connectivity index (χ4n) is 4.25. The molecule has 0 bridgehead atoms. The van der Waals surface area contributed by atoms with Crippen LogP contribution in [0.2, 0.25) is 0 Å². The van der Waals surface area contributed by atoms with E-state index in [0.29, 0.717) is 5.56 Å². The summed E-state index contributed by atoms with van der Waals surface area (Å²) in [5.41, 5.74) is 1.52. The number of nitrogens with zero attached hydrogens (tertiary/aromatic N) is 7. The topological polar surface area (TPSA) is 81.3 Å². The largest absolute Gasteiger partial charge is 0.353 e. The van der Waals surface area contributed by atoms with Gasteiger partial charge in [0.25, 0.3) is 0 Å². The minimum Gasteiger partial charge on any atom is -0.353 e. The van der Waals surface area contributed by atoms with Gasteiger partial charge < -0.3 is 4.90 Å². The van der Waals surface area contributed by atoms with Crippen molar-refractivity contribution in [1.82, 2.24) is 19.7 Å². The fourth-order valence-corrected chi connectivity index (χ4v) is 4.25. The Morgan fingerprint density at radius 2 is 2.00 bits per heavy atom. The number of carbonyl (C=O) groups is 1. The molecule has 8 nitrogen and oxygen atoms in total. The van der Waals surface area contributed by atoms with E-state index in [1.807, 2.05) is 24.9 Å². The maximum atomic E-state index is 13.2. The number of piperazine rings is 1. The van der Waals surface area contributed by atoms with Gasteiger partial charge in [-0.25, -0.2) is 4.98 Å². The molecule has 1 amide bonds. The molecule has 0 radical (unpaired) electrons. The van der Waals surface area contributed by atoms with Gasteiger partial charge in [-0.05, 0) is 31.9 Å². The SMILES string of the molecule is Cc1cc(N2CCCC(N3CCN(c4ncccc4C#N)CC3)C2=O)n(C)n1. The zero-order valence-corrected chi connectivity index (χ0v) is 16.4. The summed E-state index contributed by atoms with van der Waals surface area (Å²) in [6, 6.07) is 7.69. The Bertz CT molecular complexity index is 908. The lowest BCUT2D eigenvalue weighted by molar-refractivity contribution is -0.125. The third-order valence-electron chi connectivity index (χ3n) is 5.63. The highest BCUT2D eigenvalue weighted by atomic mass is 16.2. The smallest absolute Gasteiger partial charge is 0.245 e. The van der Waals surface area contributed by atoms with Crippen molar-refractivity contribution in [3.8, 4) is 6.07 Å². The molecule has 0 aromatic carbocycles. The Balaban J connectivity index is 1.45. The van der Waals surface area contributed by atoms with Crippen molar-refractivity contribution in [2.24, 2.45) is 7.05 Å². The first-order valence-corrected chi connectivity index (χ1v) is 9.74. The molecule has 0 N–H and O–H groups in total. The first kappa shape index (κ1) is 18.4. The average molecular weight is 379 g/mol. The maximum absolute atomic E-state index is 13.2. The molecule has 2 aromatic heterocycles. The number of nitriles is 1. The van der Waals surface area contributed by atoms with Crippen LogP contribution in [0.1, 0.15) is 24.1 Å². The lowest BCUT2D eigenvalue weighted by Crippen LogP contribution is -2.58. The molecular weight excluding hydrogens is 354 g/mol. The lowest BCUT2D eigenvalue weighted by Gasteiger charge is -2.42. The van der Waals surface area contributed by atoms with E-state index in [1.165, 1.54) is 0 Å². The number of hydrogen-bond donors (Lipinski definition) is 0. The Hall–Kier alpha value is -2.92. The van der Waals surface area contributed by atoms with E-state index in [-0.39, 0.29) is 11.9 Å². The van der Waals surface area contributed by atoms with Crippen molar-refractivity contribution in [3.63, 3.8) is 0 Å². The number of amides is 1. The molecule has 2 fully saturated rings. The summed E-state index contributed by atoms with van der Waals surface area (Å²) >= 11 is 0. The van der Waals surface area contributed by atoms with Crippen molar-refractivity contribution < 1.29 is 4.79 Å². The maximum Gasteiger partial charge on any atom is 0.245 e. The molecule has 2 aliphatic heterocycles. The van der Waals surface area contributed by atoms with E-state index >= 15 is 0 Å². The Labute approximate surface area is 165 Å². The molecular formula is C20H25N7O. The Morgan fingerprint density at radius 3 is 2.68 bits per heavy atom. The van der Waals surface area contributed by atoms with Crippen molar-refractivity contribution in [2.75, 3.05) is 42.5 Å². The third-order valence-corrected chi connectivity index (χ3v) is 5.63. The number of aryl methyl sites for hydroxylation is 2. The first-order chi connectivity index (χ1) is 13.6. The van der Waals surface area contributed by atoms with Crippen LogP contribution in [-0.2, 0) is 11.8 Å². The average Bonchev–Trinajstić information content (AvgIpc) is 3.06. The van der Waals surface area contributed by atoms with Gasteiger partial charge in [0.2, 0.25) is 5.91 Å². The van der Waals surface area contributed by atoms with Gasteiger partial charge >= 0.3 is 0 Å². The normalized spacial score (nSPS) is 21.0. The van der Waals surface area contributed by atoms with E-state index in [0.717, 1.165) is 62.9 Å². The number of anilines is 2. The fraction of sp³-hybridized carbons (Fsp3) is 0.500. The van der Waals surface area contributed by atoms with Crippen LogP contribution in [0.4, 0.5) is 11.6 Å². The number of carbonyl (C=O) groups excluding carboxylic acids is 1. The van der Waals surface area contributed by atoms with Crippen LogP contribution in [0.3, 0.4) is 0 Å². The standard InChI is InChI=1S/C20H25N7O/c1-15-13-18(24(2)23-15)27-8-4-6-17(20(27)28)25-9-11-26(12-10-25)19-16(14-21)5-3-7-22-19/h3,5,7,13,17H,4,6,8-12H2,1-2H3. The van der Waals surface area contributed by atoms with Gasteiger partial charge in [0.05, 0.1) is 17.3 Å². The van der Waals surface area contributed by atoms with Crippen LogP contribution in [0.15, 0.2) is 24.4 Å². The summed E-state index contributed by atoms with van der Waals surface area (Å²) < 4.78 is 1.79. The molecule has 0 saturated carbocycles. The number of aromatic nitrogens is 3. The highest BCUT2D eigenvalue weighted by molar-refractivity contribution is 5.97. The van der Waals surface area contributed by atoms with E-state index in [4.69, 9.17) is 0 Å². The second-order valence-corrected chi connectivity index (χ2v) is 7.42. The first-order valence-electron chi connectivity index (χ1n) is 9.74. The molecule has 0 spiro atoms. The molecule has 146 valence electrons. The highest BCUT2D eigenvalue weighted by Crippen LogP contribution is 2.26. The summed E-state index contributed by atoms with van der Waals surface area (Å²) in [5.74, 6) is 1.78. The summed E-state index contributed by atoms with van der Waals surface area (Å²) in [5, 5.41) is 13.7. The monoisotopic (exact) mass is 379 g/mol. The zero-order valence-electron chi connectivity index (χ0n) is 16.4. The van der Waals surface area contributed by atoms with Crippen LogP contribution < -0.4 is 9.80 Å². The molecule has 1 unspecified atom stereocenters. The van der Waals surface area contributed by atoms with E-state index in [2.05, 4.69) is 26.0 Å². The number of pyridine rings is 1. The third kappa shape index (κ3) is 3.34. The van der Waals surface area contributed by atoms with Crippen LogP contribution >= 0.6 is 0 Å². The predicted octanol–water partition coefficient (Wildman–Crippen LogP) is 1.31. The Morgan fingerprint density at radius 1 is 1.21 bits per heavy atom. The Kier molecular flexibility index (Phi) is 5.01. The minimum atomic E-state index is -0.0923. The molecule has 4 heterocycles. The summed E-state index contributed by atoms with van der Waals surface area (Å²) in [7, 11) is 1.89. The molecule has 28 heavy (non-hydrogen) atoms. The van der Waals surface area contributed by atoms with Gasteiger partial charge in [-0.15, -0.1) is 0 Å². The summed E-state index contributed by atoms with van der Waals surface area (Å²) in [4.78, 5) is 23.9. The van der Waals surface area contributed by atoms with Crippen LogP contribution in [0.25, 0.3) is 0 Å². The molecule has 0 aliphatic carbocycles. The van der Waals surface area contributed by atoms with Crippen molar-refractivity contribution in [1.29, 1.82) is 5.26 Å². The van der Waals surface area contributed by atoms with Crippen molar-refractivity contribution >= 4 is 17.5 Å². The number of hydrogen-bond acceptors (Lipinski definition) is 6. The van der Waals surface area contributed by atoms with Gasteiger partial charge in [-0.3, -0.25) is 19.3 Å². The molecule has 1 atom stereocenters.